The van der Waals surface area contributed by atoms with Crippen LogP contribution in [-0.4, -0.2) is 47.8 Å². The molecule has 36 heavy (non-hydrogen) atoms. The molecule has 0 fully saturated rings. The minimum Gasteiger partial charge on any atom is -0.492 e. The van der Waals surface area contributed by atoms with E-state index >= 15 is 0 Å². The monoisotopic (exact) mass is 490 g/mol. The predicted molar refractivity (Wildman–Crippen MR) is 137 cm³/mol. The Morgan fingerprint density at radius 3 is 2.28 bits per heavy atom. The minimum absolute atomic E-state index is 0.0859. The number of hydrogen-bond acceptors (Lipinski definition) is 7. The molecule has 1 atom stereocenters. The molecule has 1 aromatic heterocycles. The Balaban J connectivity index is 1.48. The number of nitrogens with zero attached hydrogens (tertiary/aromatic N) is 1. The first-order chi connectivity index (χ1) is 17.3. The van der Waals surface area contributed by atoms with Crippen LogP contribution in [0.5, 0.6) is 17.2 Å². The highest BCUT2D eigenvalue weighted by atomic mass is 16.5. The van der Waals surface area contributed by atoms with Gasteiger partial charge in [0, 0.05) is 12.2 Å². The number of ether oxygens (including phenoxy) is 3. The second-order valence-corrected chi connectivity index (χ2v) is 8.30. The quantitative estimate of drug-likeness (QED) is 0.274. The molecule has 0 aliphatic heterocycles. The van der Waals surface area contributed by atoms with E-state index in [1.165, 1.54) is 24.3 Å². The zero-order chi connectivity index (χ0) is 25.9. The van der Waals surface area contributed by atoms with Crippen LogP contribution in [0.3, 0.4) is 0 Å². The number of rotatable bonds is 12. The van der Waals surface area contributed by atoms with Crippen LogP contribution in [0.25, 0.3) is 6.08 Å². The molecule has 2 aromatic carbocycles. The van der Waals surface area contributed by atoms with Gasteiger partial charge < -0.3 is 24.6 Å². The second kappa shape index (κ2) is 13.1. The van der Waals surface area contributed by atoms with Crippen molar-refractivity contribution in [3.63, 3.8) is 0 Å². The molecule has 3 aromatic rings. The van der Waals surface area contributed by atoms with Gasteiger partial charge >= 0.3 is 11.9 Å². The van der Waals surface area contributed by atoms with Crippen molar-refractivity contribution in [2.75, 3.05) is 13.7 Å². The van der Waals surface area contributed by atoms with E-state index in [9.17, 15) is 9.59 Å². The molecule has 0 saturated carbocycles. The van der Waals surface area contributed by atoms with Crippen LogP contribution in [-0.2, 0) is 0 Å². The third-order valence-electron chi connectivity index (χ3n) is 5.10. The molecule has 188 valence electrons. The molecule has 0 amide bonds. The Labute approximate surface area is 210 Å². The van der Waals surface area contributed by atoms with Crippen LogP contribution in [0.1, 0.15) is 46.5 Å². The average molecular weight is 491 g/mol. The van der Waals surface area contributed by atoms with Crippen LogP contribution >= 0.6 is 0 Å². The zero-order valence-corrected chi connectivity index (χ0v) is 20.5. The average Bonchev–Trinajstić information content (AvgIpc) is 2.86. The summed E-state index contributed by atoms with van der Waals surface area (Å²) in [5, 5.41) is 12.2. The molecule has 8 heteroatoms. The summed E-state index contributed by atoms with van der Waals surface area (Å²) in [6.45, 7) is 4.39. The highest BCUT2D eigenvalue weighted by molar-refractivity contribution is 5.91. The standard InChI is InChI=1S/C28H30N2O6/c1-19(2)35-26-15-20(16-30-17-26)5-4-6-23(29-3)18-34-24-11-9-22(10-12-24)28(33)36-25-13-7-21(8-14-25)27(31)32/h4-5,7-17,19,23,29H,6,18H2,1-3H3,(H,31,32)/b5-4+/t23-/m1/s1. The first-order valence-electron chi connectivity index (χ1n) is 11.6. The Kier molecular flexibility index (Phi) is 9.59. The fourth-order valence-electron chi connectivity index (χ4n) is 3.22. The lowest BCUT2D eigenvalue weighted by Crippen LogP contribution is -2.31. The maximum atomic E-state index is 12.4. The van der Waals surface area contributed by atoms with E-state index in [0.717, 1.165) is 17.7 Å². The molecular formula is C28H30N2O6. The van der Waals surface area contributed by atoms with E-state index in [1.54, 1.807) is 36.7 Å². The molecule has 0 radical (unpaired) electrons. The zero-order valence-electron chi connectivity index (χ0n) is 20.5. The fourth-order valence-corrected chi connectivity index (χ4v) is 3.22. The van der Waals surface area contributed by atoms with Crippen molar-refractivity contribution >= 4 is 18.0 Å². The van der Waals surface area contributed by atoms with Crippen LogP contribution in [0, 0.1) is 0 Å². The van der Waals surface area contributed by atoms with E-state index in [2.05, 4.69) is 16.4 Å². The summed E-state index contributed by atoms with van der Waals surface area (Å²) in [7, 11) is 1.88. The number of hydrogen-bond donors (Lipinski definition) is 2. The molecule has 8 nitrogen and oxygen atoms in total. The van der Waals surface area contributed by atoms with Crippen LogP contribution in [0.15, 0.2) is 73.1 Å². The number of carbonyl (C=O) groups excluding carboxylic acids is 1. The summed E-state index contributed by atoms with van der Waals surface area (Å²) in [6.07, 6.45) is 8.38. The number of carbonyl (C=O) groups is 2. The number of aromatic nitrogens is 1. The third-order valence-corrected chi connectivity index (χ3v) is 5.10. The number of esters is 1. The number of likely N-dealkylation sites (N-methyl/N-ethyl adjacent to an activating group) is 1. The Hall–Kier alpha value is -4.17. The van der Waals surface area contributed by atoms with Crippen molar-refractivity contribution in [2.24, 2.45) is 0 Å². The van der Waals surface area contributed by atoms with Gasteiger partial charge in [-0.1, -0.05) is 12.2 Å². The molecule has 0 spiro atoms. The minimum atomic E-state index is -1.04. The predicted octanol–water partition coefficient (Wildman–Crippen LogP) is 4.86. The Bertz CT molecular complexity index is 1170. The van der Waals surface area contributed by atoms with Gasteiger partial charge in [-0.05, 0) is 87.5 Å². The highest BCUT2D eigenvalue weighted by Crippen LogP contribution is 2.18. The SMILES string of the molecule is CN[C@H](C/C=C/c1cncc(OC(C)C)c1)COc1ccc(C(=O)Oc2ccc(C(=O)O)cc2)cc1. The molecule has 0 bridgehead atoms. The van der Waals surface area contributed by atoms with Gasteiger partial charge in [0.1, 0.15) is 23.9 Å². The molecule has 1 heterocycles. The number of nitrogens with one attached hydrogen (secondary N) is 1. The third kappa shape index (κ3) is 8.25. The summed E-state index contributed by atoms with van der Waals surface area (Å²) in [5.41, 5.74) is 1.44. The van der Waals surface area contributed by atoms with E-state index < -0.39 is 11.9 Å². The van der Waals surface area contributed by atoms with Crippen LogP contribution < -0.4 is 19.5 Å². The van der Waals surface area contributed by atoms with E-state index in [1.807, 2.05) is 33.0 Å². The lowest BCUT2D eigenvalue weighted by atomic mass is 10.1. The summed E-state index contributed by atoms with van der Waals surface area (Å²) in [4.78, 5) is 27.5. The van der Waals surface area contributed by atoms with Gasteiger partial charge in [0.05, 0.1) is 23.4 Å². The summed E-state index contributed by atoms with van der Waals surface area (Å²) >= 11 is 0. The topological polar surface area (TPSA) is 107 Å². The Morgan fingerprint density at radius 1 is 0.972 bits per heavy atom. The lowest BCUT2D eigenvalue weighted by molar-refractivity contribution is 0.0696. The van der Waals surface area contributed by atoms with E-state index in [4.69, 9.17) is 19.3 Å². The summed E-state index contributed by atoms with van der Waals surface area (Å²) in [5.74, 6) is 0.0538. The van der Waals surface area contributed by atoms with Crippen molar-refractivity contribution in [1.29, 1.82) is 0 Å². The van der Waals surface area contributed by atoms with Gasteiger partial charge in [-0.2, -0.15) is 0 Å². The van der Waals surface area contributed by atoms with Crippen LogP contribution in [0.4, 0.5) is 0 Å². The maximum Gasteiger partial charge on any atom is 0.343 e. The van der Waals surface area contributed by atoms with E-state index in [0.29, 0.717) is 17.9 Å². The molecule has 2 N–H and O–H groups in total. The van der Waals surface area contributed by atoms with E-state index in [-0.39, 0.29) is 23.5 Å². The number of carboxylic acid groups (broad SMARTS) is 1. The number of aromatic carboxylic acids is 1. The highest BCUT2D eigenvalue weighted by Gasteiger charge is 2.11. The molecule has 0 saturated heterocycles. The first-order valence-corrected chi connectivity index (χ1v) is 11.6. The second-order valence-electron chi connectivity index (χ2n) is 8.30. The number of benzene rings is 2. The molecule has 0 unspecified atom stereocenters. The first kappa shape index (κ1) is 26.4. The number of carboxylic acids is 1. The van der Waals surface area contributed by atoms with Crippen molar-refractivity contribution in [3.05, 3.63) is 89.8 Å². The molecule has 0 aliphatic carbocycles. The fraction of sp³-hybridized carbons (Fsp3) is 0.250. The van der Waals surface area contributed by atoms with Crippen LogP contribution in [0.2, 0.25) is 0 Å². The molecular weight excluding hydrogens is 460 g/mol. The van der Waals surface area contributed by atoms with Gasteiger partial charge in [-0.25, -0.2) is 9.59 Å². The summed E-state index contributed by atoms with van der Waals surface area (Å²) < 4.78 is 16.9. The molecule has 0 aliphatic rings. The van der Waals surface area contributed by atoms with Gasteiger partial charge in [-0.3, -0.25) is 4.98 Å². The van der Waals surface area contributed by atoms with Crippen molar-refractivity contribution in [1.82, 2.24) is 10.3 Å². The molecule has 3 rings (SSSR count). The Morgan fingerprint density at radius 2 is 1.64 bits per heavy atom. The lowest BCUT2D eigenvalue weighted by Gasteiger charge is -2.15. The van der Waals surface area contributed by atoms with Gasteiger partial charge in [0.2, 0.25) is 0 Å². The maximum absolute atomic E-state index is 12.4. The number of pyridine rings is 1. The van der Waals surface area contributed by atoms with Gasteiger partial charge in [0.15, 0.2) is 0 Å². The van der Waals surface area contributed by atoms with Crippen molar-refractivity contribution in [2.45, 2.75) is 32.4 Å². The summed E-state index contributed by atoms with van der Waals surface area (Å²) in [6, 6.07) is 14.3. The largest absolute Gasteiger partial charge is 0.492 e. The van der Waals surface area contributed by atoms with Crippen molar-refractivity contribution in [3.8, 4) is 17.2 Å². The van der Waals surface area contributed by atoms with Gasteiger partial charge in [0.25, 0.3) is 0 Å². The van der Waals surface area contributed by atoms with Gasteiger partial charge in [-0.15, -0.1) is 0 Å². The smallest absolute Gasteiger partial charge is 0.343 e. The normalized spacial score (nSPS) is 11.9. The van der Waals surface area contributed by atoms with Crippen molar-refractivity contribution < 1.29 is 28.9 Å².